The molecule has 0 fully saturated rings. The quantitative estimate of drug-likeness (QED) is 0.683. The first kappa shape index (κ1) is 19.7. The van der Waals surface area contributed by atoms with Gasteiger partial charge in [0.05, 0.1) is 11.3 Å². The van der Waals surface area contributed by atoms with Gasteiger partial charge in [0, 0.05) is 24.9 Å². The van der Waals surface area contributed by atoms with Crippen molar-refractivity contribution in [2.75, 3.05) is 5.32 Å². The van der Waals surface area contributed by atoms with Gasteiger partial charge in [-0.3, -0.25) is 14.4 Å². The number of benzene rings is 1. The number of hydrogen-bond donors (Lipinski definition) is 3. The van der Waals surface area contributed by atoms with Crippen molar-refractivity contribution in [2.45, 2.75) is 59.0 Å². The van der Waals surface area contributed by atoms with Gasteiger partial charge in [-0.25, -0.2) is 0 Å². The highest BCUT2D eigenvalue weighted by atomic mass is 16.2. The van der Waals surface area contributed by atoms with Gasteiger partial charge in [-0.05, 0) is 46.2 Å². The number of para-hydroxylation sites is 1. The van der Waals surface area contributed by atoms with Crippen molar-refractivity contribution in [3.63, 3.8) is 0 Å². The molecule has 0 atom stereocenters. The summed E-state index contributed by atoms with van der Waals surface area (Å²) >= 11 is 0. The minimum atomic E-state index is -0.225. The second-order valence-electron chi connectivity index (χ2n) is 6.30. The summed E-state index contributed by atoms with van der Waals surface area (Å²) in [4.78, 5) is 35.7. The van der Waals surface area contributed by atoms with Gasteiger partial charge >= 0.3 is 0 Å². The van der Waals surface area contributed by atoms with E-state index in [4.69, 9.17) is 0 Å². The maximum absolute atomic E-state index is 12.1. The van der Waals surface area contributed by atoms with Crippen LogP contribution in [0.1, 0.15) is 57.3 Å². The van der Waals surface area contributed by atoms with Gasteiger partial charge in [0.2, 0.25) is 11.8 Å². The molecule has 0 heterocycles. The van der Waals surface area contributed by atoms with Crippen LogP contribution in [0.3, 0.4) is 0 Å². The molecule has 0 aliphatic carbocycles. The van der Waals surface area contributed by atoms with Crippen LogP contribution in [0.15, 0.2) is 24.3 Å². The van der Waals surface area contributed by atoms with E-state index in [1.54, 1.807) is 24.3 Å². The Morgan fingerprint density at radius 1 is 0.875 bits per heavy atom. The molecule has 132 valence electrons. The first-order chi connectivity index (χ1) is 11.3. The fraction of sp³-hybridized carbons (Fsp3) is 0.500. The van der Waals surface area contributed by atoms with Gasteiger partial charge in [0.1, 0.15) is 0 Å². The number of carbonyl (C=O) groups is 3. The van der Waals surface area contributed by atoms with Crippen LogP contribution >= 0.6 is 0 Å². The van der Waals surface area contributed by atoms with E-state index < -0.39 is 0 Å². The molecule has 0 aliphatic rings. The van der Waals surface area contributed by atoms with Crippen molar-refractivity contribution in [1.82, 2.24) is 10.6 Å². The monoisotopic (exact) mass is 333 g/mol. The zero-order valence-electron chi connectivity index (χ0n) is 14.8. The molecule has 0 aromatic heterocycles. The average Bonchev–Trinajstić information content (AvgIpc) is 2.46. The molecule has 0 radical (unpaired) electrons. The summed E-state index contributed by atoms with van der Waals surface area (Å²) in [5.74, 6) is -0.496. The lowest BCUT2D eigenvalue weighted by molar-refractivity contribution is -0.121. The van der Waals surface area contributed by atoms with E-state index >= 15 is 0 Å². The summed E-state index contributed by atoms with van der Waals surface area (Å²) in [5.41, 5.74) is 0.907. The van der Waals surface area contributed by atoms with Gasteiger partial charge in [-0.15, -0.1) is 0 Å². The first-order valence-electron chi connectivity index (χ1n) is 8.28. The molecule has 0 saturated heterocycles. The van der Waals surface area contributed by atoms with Crippen molar-refractivity contribution >= 4 is 23.4 Å². The zero-order chi connectivity index (χ0) is 18.1. The molecular formula is C18H27N3O3. The number of rotatable bonds is 8. The maximum Gasteiger partial charge on any atom is 0.253 e. The van der Waals surface area contributed by atoms with E-state index in [0.29, 0.717) is 24.1 Å². The molecule has 6 nitrogen and oxygen atoms in total. The van der Waals surface area contributed by atoms with Gasteiger partial charge < -0.3 is 16.0 Å². The molecule has 24 heavy (non-hydrogen) atoms. The van der Waals surface area contributed by atoms with Crippen LogP contribution < -0.4 is 16.0 Å². The highest BCUT2D eigenvalue weighted by Crippen LogP contribution is 2.16. The second-order valence-corrected chi connectivity index (χ2v) is 6.30. The summed E-state index contributed by atoms with van der Waals surface area (Å²) in [6.07, 6.45) is 0.997. The summed E-state index contributed by atoms with van der Waals surface area (Å²) in [7, 11) is 0. The normalized spacial score (nSPS) is 10.6. The van der Waals surface area contributed by atoms with Crippen molar-refractivity contribution in [3.05, 3.63) is 29.8 Å². The maximum atomic E-state index is 12.1. The molecule has 0 saturated carbocycles. The van der Waals surface area contributed by atoms with Crippen molar-refractivity contribution < 1.29 is 14.4 Å². The van der Waals surface area contributed by atoms with E-state index in [0.717, 1.165) is 0 Å². The highest BCUT2D eigenvalue weighted by molar-refractivity contribution is 6.03. The Hall–Kier alpha value is -2.37. The SMILES string of the molecule is CC(C)NC(=O)CCCC(=O)Nc1ccccc1C(=O)NC(C)C. The molecule has 3 amide bonds. The lowest BCUT2D eigenvalue weighted by Crippen LogP contribution is -2.31. The lowest BCUT2D eigenvalue weighted by Gasteiger charge is -2.13. The molecule has 0 aliphatic heterocycles. The molecule has 1 aromatic carbocycles. The highest BCUT2D eigenvalue weighted by Gasteiger charge is 2.14. The predicted molar refractivity (Wildman–Crippen MR) is 94.8 cm³/mol. The summed E-state index contributed by atoms with van der Waals surface area (Å²) in [6, 6.07) is 6.99. The Kier molecular flexibility index (Phi) is 7.95. The first-order valence-corrected chi connectivity index (χ1v) is 8.28. The molecular weight excluding hydrogens is 306 g/mol. The molecule has 6 heteroatoms. The smallest absolute Gasteiger partial charge is 0.253 e. The van der Waals surface area contributed by atoms with E-state index in [2.05, 4.69) is 16.0 Å². The van der Waals surface area contributed by atoms with E-state index in [-0.39, 0.29) is 36.2 Å². The standard InChI is InChI=1S/C18H27N3O3/c1-12(2)19-16(22)10-7-11-17(23)21-15-9-6-5-8-14(15)18(24)20-13(3)4/h5-6,8-9,12-13H,7,10-11H2,1-4H3,(H,19,22)(H,20,24)(H,21,23). The van der Waals surface area contributed by atoms with Gasteiger partial charge in [0.15, 0.2) is 0 Å². The van der Waals surface area contributed by atoms with E-state index in [1.165, 1.54) is 0 Å². The number of nitrogens with one attached hydrogen (secondary N) is 3. The van der Waals surface area contributed by atoms with E-state index in [9.17, 15) is 14.4 Å². The van der Waals surface area contributed by atoms with Crippen molar-refractivity contribution in [3.8, 4) is 0 Å². The van der Waals surface area contributed by atoms with Crippen LogP contribution in [0, 0.1) is 0 Å². The van der Waals surface area contributed by atoms with Crippen LogP contribution in [-0.4, -0.2) is 29.8 Å². The Morgan fingerprint density at radius 3 is 2.08 bits per heavy atom. The number of amides is 3. The molecule has 0 bridgehead atoms. The van der Waals surface area contributed by atoms with E-state index in [1.807, 2.05) is 27.7 Å². The summed E-state index contributed by atoms with van der Waals surface area (Å²) in [6.45, 7) is 7.54. The predicted octanol–water partition coefficient (Wildman–Crippen LogP) is 2.46. The Bertz CT molecular complexity index is 583. The van der Waals surface area contributed by atoms with Gasteiger partial charge in [0.25, 0.3) is 5.91 Å². The number of anilines is 1. The molecule has 0 unspecified atom stereocenters. The third-order valence-electron chi connectivity index (χ3n) is 3.12. The zero-order valence-corrected chi connectivity index (χ0v) is 14.8. The Labute approximate surface area is 143 Å². The van der Waals surface area contributed by atoms with Crippen LogP contribution in [0.4, 0.5) is 5.69 Å². The summed E-state index contributed by atoms with van der Waals surface area (Å²) in [5, 5.41) is 8.34. The third kappa shape index (κ3) is 7.26. The largest absolute Gasteiger partial charge is 0.354 e. The van der Waals surface area contributed by atoms with Gasteiger partial charge in [-0.2, -0.15) is 0 Å². The second kappa shape index (κ2) is 9.70. The Balaban J connectivity index is 2.55. The topological polar surface area (TPSA) is 87.3 Å². The number of carbonyl (C=O) groups excluding carboxylic acids is 3. The molecule has 3 N–H and O–H groups in total. The van der Waals surface area contributed by atoms with Crippen LogP contribution in [0.2, 0.25) is 0 Å². The van der Waals surface area contributed by atoms with Gasteiger partial charge in [-0.1, -0.05) is 12.1 Å². The average molecular weight is 333 g/mol. The Morgan fingerprint density at radius 2 is 1.46 bits per heavy atom. The minimum Gasteiger partial charge on any atom is -0.354 e. The van der Waals surface area contributed by atoms with Crippen LogP contribution in [0.25, 0.3) is 0 Å². The molecule has 1 aromatic rings. The molecule has 1 rings (SSSR count). The third-order valence-corrected chi connectivity index (χ3v) is 3.12. The van der Waals surface area contributed by atoms with Crippen molar-refractivity contribution in [2.24, 2.45) is 0 Å². The number of hydrogen-bond acceptors (Lipinski definition) is 3. The minimum absolute atomic E-state index is 0.0146. The summed E-state index contributed by atoms with van der Waals surface area (Å²) < 4.78 is 0. The van der Waals surface area contributed by atoms with Crippen molar-refractivity contribution in [1.29, 1.82) is 0 Å². The fourth-order valence-electron chi connectivity index (χ4n) is 2.15. The lowest BCUT2D eigenvalue weighted by atomic mass is 10.1. The van der Waals surface area contributed by atoms with Crippen LogP contribution in [0.5, 0.6) is 0 Å². The molecule has 0 spiro atoms. The van der Waals surface area contributed by atoms with Crippen LogP contribution in [-0.2, 0) is 9.59 Å². The fourth-order valence-corrected chi connectivity index (χ4v) is 2.15.